The lowest BCUT2D eigenvalue weighted by Gasteiger charge is -2.11. The second-order valence-corrected chi connectivity index (χ2v) is 8.50. The molecule has 1 fully saturated rings. The monoisotopic (exact) mass is 463 g/mol. The molecular formula is C19H11Cl2N3O3S2. The topological polar surface area (TPSA) is 63.9 Å². The molecule has 1 aromatic carbocycles. The summed E-state index contributed by atoms with van der Waals surface area (Å²) in [6.45, 7) is 0. The van der Waals surface area contributed by atoms with Crippen molar-refractivity contribution in [2.45, 2.75) is 0 Å². The van der Waals surface area contributed by atoms with Gasteiger partial charge in [-0.05, 0) is 36.4 Å². The average molecular weight is 464 g/mol. The number of hydrogen-bond donors (Lipinski definition) is 0. The van der Waals surface area contributed by atoms with Gasteiger partial charge in [-0.2, -0.15) is 4.98 Å². The first-order valence-electron chi connectivity index (χ1n) is 8.21. The summed E-state index contributed by atoms with van der Waals surface area (Å²) in [7, 11) is 1.58. The van der Waals surface area contributed by atoms with Crippen LogP contribution < -0.4 is 10.3 Å². The number of rotatable bonds is 3. The molecule has 1 aliphatic heterocycles. The minimum absolute atomic E-state index is 0.0202. The molecule has 3 heterocycles. The number of likely N-dealkylation sites (N-methyl/N-ethyl adjacent to an activating group) is 1. The number of fused-ring (bicyclic) bond motifs is 1. The number of nitrogens with zero attached hydrogens (tertiary/aromatic N) is 3. The molecule has 3 aromatic rings. The third-order valence-electron chi connectivity index (χ3n) is 4.10. The molecular weight excluding hydrogens is 453 g/mol. The number of thioether (sulfide) groups is 1. The molecule has 2 aromatic heterocycles. The molecule has 0 bridgehead atoms. The second kappa shape index (κ2) is 7.79. The van der Waals surface area contributed by atoms with E-state index in [1.165, 1.54) is 21.4 Å². The van der Waals surface area contributed by atoms with Gasteiger partial charge in [-0.3, -0.25) is 18.9 Å². The van der Waals surface area contributed by atoms with E-state index in [1.807, 2.05) is 0 Å². The van der Waals surface area contributed by atoms with E-state index in [2.05, 4.69) is 4.98 Å². The number of carbonyl (C=O) groups excluding carboxylic acids is 1. The third-order valence-corrected chi connectivity index (χ3v) is 6.11. The number of carbonyl (C=O) groups is 1. The fourth-order valence-electron chi connectivity index (χ4n) is 2.62. The summed E-state index contributed by atoms with van der Waals surface area (Å²) in [5, 5.41) is 0.708. The van der Waals surface area contributed by atoms with E-state index in [4.69, 9.17) is 40.2 Å². The first kappa shape index (κ1) is 19.9. The number of pyridine rings is 1. The largest absolute Gasteiger partial charge is 0.437 e. The summed E-state index contributed by atoms with van der Waals surface area (Å²) in [6.07, 6.45) is 3.03. The van der Waals surface area contributed by atoms with Crippen molar-refractivity contribution in [2.24, 2.45) is 0 Å². The van der Waals surface area contributed by atoms with Gasteiger partial charge in [0.25, 0.3) is 11.5 Å². The van der Waals surface area contributed by atoms with Gasteiger partial charge in [0, 0.05) is 18.3 Å². The molecule has 0 saturated carbocycles. The molecule has 1 aliphatic rings. The normalized spacial score (nSPS) is 15.6. The van der Waals surface area contributed by atoms with Crippen LogP contribution in [0, 0.1) is 0 Å². The number of halogens is 2. The van der Waals surface area contributed by atoms with Crippen molar-refractivity contribution in [3.05, 3.63) is 73.5 Å². The minimum atomic E-state index is -0.392. The van der Waals surface area contributed by atoms with Crippen LogP contribution in [0.3, 0.4) is 0 Å². The molecule has 0 N–H and O–H groups in total. The fourth-order valence-corrected chi connectivity index (χ4v) is 4.23. The minimum Gasteiger partial charge on any atom is -0.437 e. The van der Waals surface area contributed by atoms with Crippen molar-refractivity contribution in [3.63, 3.8) is 0 Å². The van der Waals surface area contributed by atoms with E-state index >= 15 is 0 Å². The van der Waals surface area contributed by atoms with Crippen LogP contribution in [-0.2, 0) is 4.79 Å². The maximum absolute atomic E-state index is 13.1. The molecule has 6 nitrogen and oxygen atoms in total. The van der Waals surface area contributed by atoms with Crippen LogP contribution in [0.2, 0.25) is 10.0 Å². The van der Waals surface area contributed by atoms with Gasteiger partial charge in [-0.1, -0.05) is 53.2 Å². The Labute approximate surface area is 184 Å². The van der Waals surface area contributed by atoms with Crippen LogP contribution >= 0.6 is 47.2 Å². The maximum Gasteiger partial charge on any atom is 0.269 e. The Hall–Kier alpha value is -2.39. The third kappa shape index (κ3) is 3.76. The first-order valence-corrected chi connectivity index (χ1v) is 10.2. The van der Waals surface area contributed by atoms with Gasteiger partial charge in [0.2, 0.25) is 5.88 Å². The van der Waals surface area contributed by atoms with Crippen LogP contribution in [0.15, 0.2) is 52.3 Å². The summed E-state index contributed by atoms with van der Waals surface area (Å²) in [5.74, 6) is 0.000709. The summed E-state index contributed by atoms with van der Waals surface area (Å²) in [6, 6.07) is 9.85. The van der Waals surface area contributed by atoms with E-state index in [-0.39, 0.29) is 28.1 Å². The number of thiocarbonyl (C=S) groups is 1. The SMILES string of the molecule is CN1C(=O)/C(=C/c2c(Oc3ccc(Cl)cc3Cl)nc3ccccn3c2=O)SC1=S. The summed E-state index contributed by atoms with van der Waals surface area (Å²) < 4.78 is 7.63. The molecule has 0 radical (unpaired) electrons. The molecule has 29 heavy (non-hydrogen) atoms. The highest BCUT2D eigenvalue weighted by Crippen LogP contribution is 2.35. The molecule has 0 unspecified atom stereocenters. The van der Waals surface area contributed by atoms with Gasteiger partial charge in [-0.15, -0.1) is 0 Å². The van der Waals surface area contributed by atoms with Crippen LogP contribution in [0.1, 0.15) is 5.56 Å². The maximum atomic E-state index is 13.1. The van der Waals surface area contributed by atoms with Crippen molar-refractivity contribution in [1.82, 2.24) is 14.3 Å². The van der Waals surface area contributed by atoms with Crippen LogP contribution in [-0.4, -0.2) is 31.6 Å². The summed E-state index contributed by atoms with van der Waals surface area (Å²) in [5.41, 5.74) is 0.100. The van der Waals surface area contributed by atoms with E-state index < -0.39 is 5.56 Å². The molecule has 10 heteroatoms. The lowest BCUT2D eigenvalue weighted by molar-refractivity contribution is -0.121. The molecule has 146 valence electrons. The van der Waals surface area contributed by atoms with Crippen molar-refractivity contribution in [1.29, 1.82) is 0 Å². The predicted molar refractivity (Wildman–Crippen MR) is 119 cm³/mol. The highest BCUT2D eigenvalue weighted by Gasteiger charge is 2.30. The Kier molecular flexibility index (Phi) is 5.35. The van der Waals surface area contributed by atoms with Gasteiger partial charge in [0.1, 0.15) is 21.3 Å². The van der Waals surface area contributed by atoms with E-state index in [9.17, 15) is 9.59 Å². The number of benzene rings is 1. The highest BCUT2D eigenvalue weighted by atomic mass is 35.5. The Bertz CT molecular complexity index is 1270. The molecule has 0 aliphatic carbocycles. The number of aromatic nitrogens is 2. The van der Waals surface area contributed by atoms with Gasteiger partial charge >= 0.3 is 0 Å². The van der Waals surface area contributed by atoms with Crippen molar-refractivity contribution in [2.75, 3.05) is 7.05 Å². The van der Waals surface area contributed by atoms with E-state index in [0.29, 0.717) is 19.9 Å². The van der Waals surface area contributed by atoms with Crippen molar-refractivity contribution < 1.29 is 9.53 Å². The summed E-state index contributed by atoms with van der Waals surface area (Å²) >= 11 is 18.4. The predicted octanol–water partition coefficient (Wildman–Crippen LogP) is 4.62. The van der Waals surface area contributed by atoms with Gasteiger partial charge in [0.05, 0.1) is 9.93 Å². The van der Waals surface area contributed by atoms with Crippen LogP contribution in [0.5, 0.6) is 11.6 Å². The van der Waals surface area contributed by atoms with Crippen LogP contribution in [0.4, 0.5) is 0 Å². The lowest BCUT2D eigenvalue weighted by atomic mass is 10.2. The summed E-state index contributed by atoms with van der Waals surface area (Å²) in [4.78, 5) is 31.6. The Balaban J connectivity index is 1.91. The standard InChI is InChI=1S/C19H11Cl2N3O3S2/c1-23-18(26)14(29-19(23)28)9-11-16(27-13-6-5-10(20)8-12(13)21)22-15-4-2-3-7-24(15)17(11)25/h2-9H,1H3/b14-9-. The van der Waals surface area contributed by atoms with Gasteiger partial charge < -0.3 is 4.74 Å². The molecule has 1 saturated heterocycles. The van der Waals surface area contributed by atoms with Crippen LogP contribution in [0.25, 0.3) is 11.7 Å². The average Bonchev–Trinajstić information content (AvgIpc) is 2.93. The molecule has 1 amide bonds. The lowest BCUT2D eigenvalue weighted by Crippen LogP contribution is -2.23. The molecule has 0 atom stereocenters. The number of ether oxygens (including phenoxy) is 1. The zero-order chi connectivity index (χ0) is 20.7. The smallest absolute Gasteiger partial charge is 0.269 e. The number of hydrogen-bond acceptors (Lipinski definition) is 6. The molecule has 0 spiro atoms. The van der Waals surface area contributed by atoms with Gasteiger partial charge in [-0.25, -0.2) is 0 Å². The second-order valence-electron chi connectivity index (χ2n) is 5.98. The van der Waals surface area contributed by atoms with E-state index in [0.717, 1.165) is 11.8 Å². The Morgan fingerprint density at radius 3 is 2.69 bits per heavy atom. The Morgan fingerprint density at radius 1 is 1.21 bits per heavy atom. The first-order chi connectivity index (χ1) is 13.8. The highest BCUT2D eigenvalue weighted by molar-refractivity contribution is 8.26. The quantitative estimate of drug-likeness (QED) is 0.416. The number of amides is 1. The molecule has 4 rings (SSSR count). The Morgan fingerprint density at radius 2 is 2.00 bits per heavy atom. The zero-order valence-corrected chi connectivity index (χ0v) is 17.9. The van der Waals surface area contributed by atoms with Crippen molar-refractivity contribution >= 4 is 69.1 Å². The van der Waals surface area contributed by atoms with Crippen molar-refractivity contribution in [3.8, 4) is 11.6 Å². The van der Waals surface area contributed by atoms with E-state index in [1.54, 1.807) is 43.6 Å². The zero-order valence-electron chi connectivity index (χ0n) is 14.8. The van der Waals surface area contributed by atoms with Gasteiger partial charge in [0.15, 0.2) is 0 Å². The fraction of sp³-hybridized carbons (Fsp3) is 0.0526.